The molecule has 0 amide bonds. The minimum atomic E-state index is 0.454. The highest BCUT2D eigenvalue weighted by Crippen LogP contribution is 2.24. The predicted molar refractivity (Wildman–Crippen MR) is 67.5 cm³/mol. The van der Waals surface area contributed by atoms with Gasteiger partial charge in [0.15, 0.2) is 0 Å². The summed E-state index contributed by atoms with van der Waals surface area (Å²) in [6.07, 6.45) is 0. The Hall–Kier alpha value is -1.79. The average Bonchev–Trinajstić information content (AvgIpc) is 2.56. The fraction of sp³-hybridized carbons (Fsp3) is 0.231. The van der Waals surface area contributed by atoms with Crippen molar-refractivity contribution >= 4 is 11.6 Å². The number of halogens is 1. The van der Waals surface area contributed by atoms with Gasteiger partial charge in [-0.1, -0.05) is 17.7 Å². The fourth-order valence-corrected chi connectivity index (χ4v) is 1.97. The molecule has 0 aliphatic carbocycles. The first-order valence-corrected chi connectivity index (χ1v) is 5.66. The van der Waals surface area contributed by atoms with Crippen LogP contribution in [-0.4, -0.2) is 9.78 Å². The second kappa shape index (κ2) is 4.23. The fourth-order valence-electron chi connectivity index (χ4n) is 1.76. The Morgan fingerprint density at radius 1 is 1.29 bits per heavy atom. The third-order valence-corrected chi connectivity index (χ3v) is 3.30. The van der Waals surface area contributed by atoms with Gasteiger partial charge in [0.1, 0.15) is 6.07 Å². The Balaban J connectivity index is 2.74. The first-order chi connectivity index (χ1) is 8.06. The Kier molecular flexibility index (Phi) is 2.91. The third-order valence-electron chi connectivity index (χ3n) is 2.98. The van der Waals surface area contributed by atoms with Gasteiger partial charge in [0.2, 0.25) is 0 Å². The molecule has 1 aromatic heterocycles. The second-order valence-corrected chi connectivity index (χ2v) is 4.36. The molecule has 2 aromatic rings. The van der Waals surface area contributed by atoms with E-state index in [1.54, 1.807) is 10.7 Å². The number of aryl methyl sites for hydroxylation is 1. The predicted octanol–water partition coefficient (Wildman–Crippen LogP) is 3.32. The zero-order valence-corrected chi connectivity index (χ0v) is 10.7. The number of rotatable bonds is 1. The minimum Gasteiger partial charge on any atom is -0.236 e. The van der Waals surface area contributed by atoms with E-state index in [2.05, 4.69) is 11.2 Å². The topological polar surface area (TPSA) is 41.6 Å². The first-order valence-electron chi connectivity index (χ1n) is 5.28. The van der Waals surface area contributed by atoms with Crippen LogP contribution in [0.15, 0.2) is 18.2 Å². The Labute approximate surface area is 105 Å². The largest absolute Gasteiger partial charge is 0.236 e. The monoisotopic (exact) mass is 245 g/mol. The van der Waals surface area contributed by atoms with Gasteiger partial charge in [-0.15, -0.1) is 0 Å². The van der Waals surface area contributed by atoms with Crippen molar-refractivity contribution in [2.75, 3.05) is 0 Å². The Bertz CT molecular complexity index is 620. The molecule has 4 heteroatoms. The molecule has 0 bridgehead atoms. The summed E-state index contributed by atoms with van der Waals surface area (Å²) in [6.45, 7) is 5.96. The SMILES string of the molecule is Cc1nn(-c2cccc(Cl)c2C#N)c(C)c1C. The van der Waals surface area contributed by atoms with Gasteiger partial charge in [-0.3, -0.25) is 0 Å². The zero-order valence-electron chi connectivity index (χ0n) is 9.95. The van der Waals surface area contributed by atoms with E-state index in [0.29, 0.717) is 10.6 Å². The summed E-state index contributed by atoms with van der Waals surface area (Å²) in [6, 6.07) is 7.51. The number of nitriles is 1. The van der Waals surface area contributed by atoms with E-state index in [1.807, 2.05) is 32.9 Å². The lowest BCUT2D eigenvalue weighted by Crippen LogP contribution is -2.02. The van der Waals surface area contributed by atoms with Crippen molar-refractivity contribution in [1.82, 2.24) is 9.78 Å². The number of hydrogen-bond acceptors (Lipinski definition) is 2. The summed E-state index contributed by atoms with van der Waals surface area (Å²) in [7, 11) is 0. The highest BCUT2D eigenvalue weighted by atomic mass is 35.5. The number of benzene rings is 1. The van der Waals surface area contributed by atoms with E-state index in [9.17, 15) is 0 Å². The van der Waals surface area contributed by atoms with Crippen molar-refractivity contribution in [3.8, 4) is 11.8 Å². The molecule has 0 N–H and O–H groups in total. The van der Waals surface area contributed by atoms with Gasteiger partial charge in [-0.2, -0.15) is 10.4 Å². The van der Waals surface area contributed by atoms with Crippen molar-refractivity contribution in [1.29, 1.82) is 5.26 Å². The molecule has 0 saturated carbocycles. The van der Waals surface area contributed by atoms with Crippen LogP contribution in [0, 0.1) is 32.1 Å². The standard InChI is InChI=1S/C13H12ClN3/c1-8-9(2)16-17(10(8)3)13-6-4-5-12(14)11(13)7-15/h4-6H,1-3H3. The highest BCUT2D eigenvalue weighted by molar-refractivity contribution is 6.32. The molecule has 0 atom stereocenters. The van der Waals surface area contributed by atoms with Crippen LogP contribution in [-0.2, 0) is 0 Å². The maximum Gasteiger partial charge on any atom is 0.103 e. The summed E-state index contributed by atoms with van der Waals surface area (Å²) >= 11 is 6.01. The van der Waals surface area contributed by atoms with Gasteiger partial charge in [0, 0.05) is 5.69 Å². The molecule has 0 aliphatic heterocycles. The van der Waals surface area contributed by atoms with Gasteiger partial charge in [0.05, 0.1) is 22.0 Å². The number of hydrogen-bond donors (Lipinski definition) is 0. The van der Waals surface area contributed by atoms with Crippen LogP contribution in [0.3, 0.4) is 0 Å². The smallest absolute Gasteiger partial charge is 0.103 e. The van der Waals surface area contributed by atoms with E-state index in [4.69, 9.17) is 16.9 Å². The molecule has 1 aromatic carbocycles. The quantitative estimate of drug-likeness (QED) is 0.773. The number of aromatic nitrogens is 2. The van der Waals surface area contributed by atoms with Crippen LogP contribution in [0.25, 0.3) is 5.69 Å². The van der Waals surface area contributed by atoms with Crippen LogP contribution < -0.4 is 0 Å². The van der Waals surface area contributed by atoms with Gasteiger partial charge in [-0.25, -0.2) is 4.68 Å². The minimum absolute atomic E-state index is 0.454. The Morgan fingerprint density at radius 3 is 2.53 bits per heavy atom. The molecular weight excluding hydrogens is 234 g/mol. The van der Waals surface area contributed by atoms with E-state index in [1.165, 1.54) is 0 Å². The molecule has 0 spiro atoms. The molecule has 1 heterocycles. The maximum atomic E-state index is 9.15. The Morgan fingerprint density at radius 2 is 2.00 bits per heavy atom. The van der Waals surface area contributed by atoms with Gasteiger partial charge >= 0.3 is 0 Å². The zero-order chi connectivity index (χ0) is 12.6. The van der Waals surface area contributed by atoms with E-state index in [-0.39, 0.29) is 0 Å². The summed E-state index contributed by atoms with van der Waals surface area (Å²) in [5, 5.41) is 14.0. The molecule has 17 heavy (non-hydrogen) atoms. The van der Waals surface area contributed by atoms with Crippen LogP contribution in [0.5, 0.6) is 0 Å². The normalized spacial score (nSPS) is 10.3. The first kappa shape index (κ1) is 11.7. The average molecular weight is 246 g/mol. The lowest BCUT2D eigenvalue weighted by Gasteiger charge is -2.07. The van der Waals surface area contributed by atoms with Crippen molar-refractivity contribution in [2.24, 2.45) is 0 Å². The molecule has 86 valence electrons. The summed E-state index contributed by atoms with van der Waals surface area (Å²) in [4.78, 5) is 0. The molecule has 0 unspecified atom stereocenters. The molecular formula is C13H12ClN3. The van der Waals surface area contributed by atoms with Gasteiger partial charge < -0.3 is 0 Å². The summed E-state index contributed by atoms with van der Waals surface area (Å²) in [5.41, 5.74) is 4.31. The molecule has 0 aliphatic rings. The second-order valence-electron chi connectivity index (χ2n) is 3.95. The van der Waals surface area contributed by atoms with Crippen LogP contribution in [0.4, 0.5) is 0 Å². The summed E-state index contributed by atoms with van der Waals surface area (Å²) in [5.74, 6) is 0. The van der Waals surface area contributed by atoms with E-state index >= 15 is 0 Å². The molecule has 0 radical (unpaired) electrons. The van der Waals surface area contributed by atoms with Crippen LogP contribution in [0.2, 0.25) is 5.02 Å². The molecule has 0 saturated heterocycles. The van der Waals surface area contributed by atoms with Crippen LogP contribution >= 0.6 is 11.6 Å². The summed E-state index contributed by atoms with van der Waals surface area (Å²) < 4.78 is 1.77. The van der Waals surface area contributed by atoms with Crippen LogP contribution in [0.1, 0.15) is 22.5 Å². The van der Waals surface area contributed by atoms with Crippen molar-refractivity contribution < 1.29 is 0 Å². The number of nitrogens with zero attached hydrogens (tertiary/aromatic N) is 3. The van der Waals surface area contributed by atoms with Gasteiger partial charge in [0.25, 0.3) is 0 Å². The van der Waals surface area contributed by atoms with Crippen molar-refractivity contribution in [3.63, 3.8) is 0 Å². The maximum absolute atomic E-state index is 9.15. The molecule has 3 nitrogen and oxygen atoms in total. The van der Waals surface area contributed by atoms with Crippen molar-refractivity contribution in [2.45, 2.75) is 20.8 Å². The third kappa shape index (κ3) is 1.81. The van der Waals surface area contributed by atoms with E-state index < -0.39 is 0 Å². The lowest BCUT2D eigenvalue weighted by atomic mass is 10.2. The van der Waals surface area contributed by atoms with Crippen molar-refractivity contribution in [3.05, 3.63) is 45.7 Å². The molecule has 0 fully saturated rings. The van der Waals surface area contributed by atoms with Gasteiger partial charge in [-0.05, 0) is 38.5 Å². The highest BCUT2D eigenvalue weighted by Gasteiger charge is 2.13. The van der Waals surface area contributed by atoms with E-state index in [0.717, 1.165) is 22.6 Å². The molecule has 2 rings (SSSR count). The lowest BCUT2D eigenvalue weighted by molar-refractivity contribution is 0.831.